The number of hydrogen-bond donors (Lipinski definition) is 1. The minimum Gasteiger partial charge on any atom is -0.487 e. The van der Waals surface area contributed by atoms with E-state index in [2.05, 4.69) is 21.8 Å². The van der Waals surface area contributed by atoms with Crippen LogP contribution in [0.5, 0.6) is 5.75 Å². The first-order valence-electron chi connectivity index (χ1n) is 11.7. The molecule has 1 aromatic heterocycles. The summed E-state index contributed by atoms with van der Waals surface area (Å²) in [6, 6.07) is 3.81. The quantitative estimate of drug-likeness (QED) is 0.694. The molecule has 0 atom stereocenters. The summed E-state index contributed by atoms with van der Waals surface area (Å²) in [5.41, 5.74) is 1.16. The Kier molecular flexibility index (Phi) is 9.02. The number of rotatable bonds is 5. The van der Waals surface area contributed by atoms with Crippen LogP contribution >= 0.6 is 0 Å². The first kappa shape index (κ1) is 25.4. The average Bonchev–Trinajstić information content (AvgIpc) is 2.81. The summed E-state index contributed by atoms with van der Waals surface area (Å²) in [5, 5.41) is 9.39. The zero-order valence-corrected chi connectivity index (χ0v) is 20.2. The second-order valence-corrected chi connectivity index (χ2v) is 10.7. The third kappa shape index (κ3) is 7.64. The molecule has 0 spiro atoms. The molecule has 0 unspecified atom stereocenters. The molecule has 0 amide bonds. The lowest BCUT2D eigenvalue weighted by molar-refractivity contribution is 0.145. The van der Waals surface area contributed by atoms with Gasteiger partial charge in [0, 0.05) is 31.7 Å². The van der Waals surface area contributed by atoms with Crippen molar-refractivity contribution in [2.24, 2.45) is 0 Å². The van der Waals surface area contributed by atoms with Crippen molar-refractivity contribution < 1.29 is 22.7 Å². The minimum absolute atomic E-state index is 0.0176. The van der Waals surface area contributed by atoms with Gasteiger partial charge in [0.25, 0.3) is 0 Å². The zero-order chi connectivity index (χ0) is 23.8. The molecule has 1 saturated carbocycles. The third-order valence-electron chi connectivity index (χ3n) is 6.02. The third-order valence-corrected chi connectivity index (χ3v) is 7.13. The van der Waals surface area contributed by atoms with E-state index in [1.807, 2.05) is 12.4 Å². The number of benzene rings is 1. The fourth-order valence-corrected chi connectivity index (χ4v) is 4.56. The Morgan fingerprint density at radius 1 is 1.09 bits per heavy atom. The highest BCUT2D eigenvalue weighted by Crippen LogP contribution is 2.27. The Morgan fingerprint density at radius 2 is 1.73 bits per heavy atom. The van der Waals surface area contributed by atoms with Crippen LogP contribution in [0, 0.1) is 5.82 Å². The van der Waals surface area contributed by atoms with Crippen LogP contribution in [-0.4, -0.2) is 55.0 Å². The summed E-state index contributed by atoms with van der Waals surface area (Å²) < 4.78 is 41.9. The molecule has 2 heterocycles. The molecular formula is C24H34FN3O4S. The Labute approximate surface area is 195 Å². The van der Waals surface area contributed by atoms with Crippen molar-refractivity contribution in [3.8, 4) is 5.75 Å². The number of nitrogens with zero attached hydrogens (tertiary/aromatic N) is 3. The number of hydrogen-bond acceptors (Lipinski definition) is 7. The van der Waals surface area contributed by atoms with Gasteiger partial charge in [-0.1, -0.05) is 13.3 Å². The molecule has 33 heavy (non-hydrogen) atoms. The molecule has 4 rings (SSSR count). The molecule has 9 heteroatoms. The number of sulfone groups is 1. The standard InChI is InChI=1S/C13H17FO3S.C11H17N3O/c1-18(15,16)11-7-8-13(12(14)9-11)17-10-5-3-2-4-6-10;1-2-9-7-12-11(13-8-9)14-5-3-10(15)4-6-14/h7-10H,2-6H2,1H3;7-8,10,15H,2-6H2,1H3. The summed E-state index contributed by atoms with van der Waals surface area (Å²) >= 11 is 0. The Bertz CT molecular complexity index is 987. The van der Waals surface area contributed by atoms with E-state index in [9.17, 15) is 17.9 Å². The average molecular weight is 480 g/mol. The Balaban J connectivity index is 0.000000189. The van der Waals surface area contributed by atoms with E-state index >= 15 is 0 Å². The SMILES string of the molecule is CCc1cnc(N2CCC(O)CC2)nc1.CS(=O)(=O)c1ccc(OC2CCCCC2)c(F)c1. The summed E-state index contributed by atoms with van der Waals surface area (Å²) in [6.45, 7) is 3.80. The van der Waals surface area contributed by atoms with Crippen LogP contribution in [0.3, 0.4) is 0 Å². The number of piperidine rings is 1. The normalized spacial score (nSPS) is 17.9. The summed E-state index contributed by atoms with van der Waals surface area (Å²) in [6.07, 6.45) is 12.6. The lowest BCUT2D eigenvalue weighted by Gasteiger charge is -2.29. The van der Waals surface area contributed by atoms with Crippen molar-refractivity contribution in [2.75, 3.05) is 24.2 Å². The molecule has 182 valence electrons. The van der Waals surface area contributed by atoms with Crippen LogP contribution in [0.2, 0.25) is 0 Å². The molecule has 1 aliphatic carbocycles. The van der Waals surface area contributed by atoms with Gasteiger partial charge < -0.3 is 14.7 Å². The number of aryl methyl sites for hydroxylation is 1. The molecule has 0 radical (unpaired) electrons. The maximum Gasteiger partial charge on any atom is 0.225 e. The second-order valence-electron chi connectivity index (χ2n) is 8.71. The maximum atomic E-state index is 13.7. The molecule has 2 fully saturated rings. The number of anilines is 1. The van der Waals surface area contributed by atoms with E-state index in [4.69, 9.17) is 4.74 Å². The minimum atomic E-state index is -3.37. The summed E-state index contributed by atoms with van der Waals surface area (Å²) in [7, 11) is -3.37. The van der Waals surface area contributed by atoms with Crippen molar-refractivity contribution in [1.29, 1.82) is 0 Å². The van der Waals surface area contributed by atoms with Gasteiger partial charge in [0.1, 0.15) is 0 Å². The molecule has 1 N–H and O–H groups in total. The van der Waals surface area contributed by atoms with E-state index in [1.165, 1.54) is 18.6 Å². The molecule has 7 nitrogen and oxygen atoms in total. The lowest BCUT2D eigenvalue weighted by Crippen LogP contribution is -2.36. The molecule has 0 bridgehead atoms. The van der Waals surface area contributed by atoms with Gasteiger partial charge in [-0.3, -0.25) is 0 Å². The van der Waals surface area contributed by atoms with Gasteiger partial charge in [-0.25, -0.2) is 22.8 Å². The topological polar surface area (TPSA) is 92.6 Å². The van der Waals surface area contributed by atoms with Gasteiger partial charge in [-0.2, -0.15) is 0 Å². The maximum absolute atomic E-state index is 13.7. The molecule has 2 aromatic rings. The van der Waals surface area contributed by atoms with E-state index in [0.717, 1.165) is 81.9 Å². The predicted octanol–water partition coefficient (Wildman–Crippen LogP) is 3.94. The van der Waals surface area contributed by atoms with Crippen molar-refractivity contribution >= 4 is 15.8 Å². The van der Waals surface area contributed by atoms with Crippen LogP contribution in [-0.2, 0) is 16.3 Å². The van der Waals surface area contributed by atoms with Crippen LogP contribution < -0.4 is 9.64 Å². The molecular weight excluding hydrogens is 445 g/mol. The number of aliphatic hydroxyl groups excluding tert-OH is 1. The predicted molar refractivity (Wildman–Crippen MR) is 126 cm³/mol. The van der Waals surface area contributed by atoms with Crippen LogP contribution in [0.4, 0.5) is 10.3 Å². The summed E-state index contributed by atoms with van der Waals surface area (Å²) in [5.74, 6) is 0.330. The largest absolute Gasteiger partial charge is 0.487 e. The van der Waals surface area contributed by atoms with Crippen molar-refractivity contribution in [1.82, 2.24) is 9.97 Å². The van der Waals surface area contributed by atoms with Gasteiger partial charge in [-0.15, -0.1) is 0 Å². The van der Waals surface area contributed by atoms with Crippen LogP contribution in [0.25, 0.3) is 0 Å². The van der Waals surface area contributed by atoms with Gasteiger partial charge in [0.2, 0.25) is 5.95 Å². The van der Waals surface area contributed by atoms with E-state index in [1.54, 1.807) is 0 Å². The first-order valence-corrected chi connectivity index (χ1v) is 13.6. The molecule has 2 aliphatic rings. The Hall–Kier alpha value is -2.26. The fourth-order valence-electron chi connectivity index (χ4n) is 3.93. The van der Waals surface area contributed by atoms with Gasteiger partial charge >= 0.3 is 0 Å². The fraction of sp³-hybridized carbons (Fsp3) is 0.583. The number of aromatic nitrogens is 2. The molecule has 1 saturated heterocycles. The van der Waals surface area contributed by atoms with Crippen LogP contribution in [0.1, 0.15) is 57.4 Å². The van der Waals surface area contributed by atoms with Gasteiger partial charge in [0.15, 0.2) is 21.4 Å². The summed E-state index contributed by atoms with van der Waals surface area (Å²) in [4.78, 5) is 10.8. The Morgan fingerprint density at radius 3 is 2.27 bits per heavy atom. The highest BCUT2D eigenvalue weighted by Gasteiger charge is 2.19. The van der Waals surface area contributed by atoms with Crippen LogP contribution in [0.15, 0.2) is 35.5 Å². The number of ether oxygens (including phenoxy) is 1. The van der Waals surface area contributed by atoms with E-state index in [-0.39, 0.29) is 22.9 Å². The van der Waals surface area contributed by atoms with Crippen molar-refractivity contribution in [3.05, 3.63) is 42.0 Å². The molecule has 1 aromatic carbocycles. The van der Waals surface area contributed by atoms with Crippen molar-refractivity contribution in [3.63, 3.8) is 0 Å². The highest BCUT2D eigenvalue weighted by atomic mass is 32.2. The smallest absolute Gasteiger partial charge is 0.225 e. The molecule has 1 aliphatic heterocycles. The number of aliphatic hydroxyl groups is 1. The van der Waals surface area contributed by atoms with Gasteiger partial charge in [-0.05, 0) is 68.7 Å². The zero-order valence-electron chi connectivity index (χ0n) is 19.4. The lowest BCUT2D eigenvalue weighted by atomic mass is 9.98. The first-order chi connectivity index (χ1) is 15.8. The second kappa shape index (κ2) is 11.7. The monoisotopic (exact) mass is 479 g/mol. The highest BCUT2D eigenvalue weighted by molar-refractivity contribution is 7.90. The number of halogens is 1. The van der Waals surface area contributed by atoms with Crippen molar-refractivity contribution in [2.45, 2.75) is 75.4 Å². The van der Waals surface area contributed by atoms with Gasteiger partial charge in [0.05, 0.1) is 17.1 Å². The van der Waals surface area contributed by atoms with E-state index in [0.29, 0.717) is 0 Å². The van der Waals surface area contributed by atoms with E-state index < -0.39 is 15.7 Å².